The monoisotopic (exact) mass is 1190 g/mol. The van der Waals surface area contributed by atoms with E-state index in [4.69, 9.17) is 27.9 Å². The lowest BCUT2D eigenvalue weighted by Crippen LogP contribution is -2.62. The quantitative estimate of drug-likeness (QED) is 0.152. The first-order valence-corrected chi connectivity index (χ1v) is 29.5. The van der Waals surface area contributed by atoms with Crippen LogP contribution in [0.5, 0.6) is 0 Å². The maximum atomic E-state index is 15.5. The molecular formula is C62H86Cl2N8O11. The Morgan fingerprint density at radius 1 is 0.614 bits per heavy atom. The summed E-state index contributed by atoms with van der Waals surface area (Å²) in [5.74, 6) is -7.95. The average Bonchev–Trinajstić information content (AvgIpc) is 4.21. The molecule has 2 saturated heterocycles. The van der Waals surface area contributed by atoms with Crippen LogP contribution in [-0.2, 0) is 60.7 Å². The Labute approximate surface area is 499 Å². The van der Waals surface area contributed by atoms with E-state index in [1.807, 2.05) is 45.0 Å². The molecule has 8 unspecified atom stereocenters. The number of hydrogen-bond donors (Lipinski definition) is 4. The third kappa shape index (κ3) is 16.6. The van der Waals surface area contributed by atoms with Crippen LogP contribution in [0.4, 0.5) is 0 Å². The first-order valence-electron chi connectivity index (χ1n) is 28.7. The highest BCUT2D eigenvalue weighted by Crippen LogP contribution is 2.31. The number of esters is 1. The number of fused-ring (bicyclic) bond motifs is 1. The van der Waals surface area contributed by atoms with E-state index < -0.39 is 125 Å². The van der Waals surface area contributed by atoms with Gasteiger partial charge in [0.25, 0.3) is 5.91 Å². The van der Waals surface area contributed by atoms with Gasteiger partial charge in [0.05, 0.1) is 15.6 Å². The van der Waals surface area contributed by atoms with E-state index in [-0.39, 0.29) is 38.1 Å². The van der Waals surface area contributed by atoms with Crippen LogP contribution in [0.2, 0.25) is 10.0 Å². The van der Waals surface area contributed by atoms with Gasteiger partial charge in [-0.3, -0.25) is 38.4 Å². The molecule has 2 fully saturated rings. The van der Waals surface area contributed by atoms with Gasteiger partial charge in [-0.2, -0.15) is 0 Å². The summed E-state index contributed by atoms with van der Waals surface area (Å²) in [6.45, 7) is 16.4. The lowest BCUT2D eigenvalue weighted by Gasteiger charge is -2.39. The van der Waals surface area contributed by atoms with Crippen LogP contribution in [-0.4, -0.2) is 178 Å². The summed E-state index contributed by atoms with van der Waals surface area (Å²) in [6.07, 6.45) is -0.168. The molecule has 83 heavy (non-hydrogen) atoms. The van der Waals surface area contributed by atoms with Crippen molar-refractivity contribution in [3.8, 4) is 11.1 Å². The van der Waals surface area contributed by atoms with Gasteiger partial charge in [0.2, 0.25) is 41.4 Å². The molecule has 0 aliphatic carbocycles. The third-order valence-corrected chi connectivity index (χ3v) is 17.2. The number of hydrogen-bond acceptors (Lipinski definition) is 11. The lowest BCUT2D eigenvalue weighted by molar-refractivity contribution is -0.177. The van der Waals surface area contributed by atoms with Gasteiger partial charge >= 0.3 is 5.97 Å². The van der Waals surface area contributed by atoms with Crippen LogP contribution in [0.1, 0.15) is 112 Å². The van der Waals surface area contributed by atoms with E-state index in [0.717, 1.165) is 20.9 Å². The standard InChI is InChI=1S/C62H86Cl2N8O11/c1-15-36(5)50-59(79)68(11)38(7)53(73)65-46(30-35(3)4)57(77)71(14)52(62(9,10)82)61(81)83-51(37(6)16-2)60(80)69(12)39(8)54(74)66-47(32-40-22-18-17-19-23-40)56(76)70(13)49(58(78)72-29-21-26-48(72)55(75)67-50)33-41-24-20-25-42(31-41)43-27-28-44(63)45(64)34-43/h17-20,22-25,27-28,31,34-39,46-52,82H,15-16,21,26,29-30,32-33H2,1-14H3,(H,65,73)(H,66,74)(H,67,75)/t36?,37-,38+,39+,46?,47?,48?,49?,50?,51?,52?/m1/s1. The second-order valence-electron chi connectivity index (χ2n) is 23.5. The van der Waals surface area contributed by atoms with Crippen molar-refractivity contribution in [1.29, 1.82) is 0 Å². The number of ether oxygens (including phenoxy) is 1. The summed E-state index contributed by atoms with van der Waals surface area (Å²) >= 11 is 12.7. The Hall–Kier alpha value is -6.57. The molecule has 2 aliphatic heterocycles. The molecule has 0 spiro atoms. The molecule has 3 aromatic carbocycles. The van der Waals surface area contributed by atoms with Crippen molar-refractivity contribution in [3.05, 3.63) is 94.0 Å². The predicted molar refractivity (Wildman–Crippen MR) is 318 cm³/mol. The minimum absolute atomic E-state index is 0.0441. The van der Waals surface area contributed by atoms with Crippen molar-refractivity contribution < 1.29 is 53.0 Å². The molecule has 0 saturated carbocycles. The molecule has 21 heteroatoms. The molecule has 2 heterocycles. The zero-order chi connectivity index (χ0) is 61.9. The SMILES string of the molecule is CCC(C)C1NC(=O)C2CCCN2C(=O)C(Cc2cccc(-c3ccc(Cl)c(Cl)c3)c2)N(C)C(=O)C(Cc2ccccc2)NC(=O)[C@H](C)N(C)C(=O)C([C@H](C)CC)OC(=O)C(C(C)(C)O)N(C)C(=O)C(CC(C)C)NC(=O)[C@H](C)N(C)C1=O. The largest absolute Gasteiger partial charge is 0.450 e. The molecule has 454 valence electrons. The van der Waals surface area contributed by atoms with Crippen LogP contribution in [0.25, 0.3) is 11.1 Å². The van der Waals surface area contributed by atoms with Crippen LogP contribution in [0.15, 0.2) is 72.8 Å². The number of aliphatic hydroxyl groups is 1. The minimum atomic E-state index is -1.98. The molecule has 19 nitrogen and oxygen atoms in total. The molecule has 0 radical (unpaired) electrons. The Balaban J connectivity index is 1.68. The molecule has 0 bridgehead atoms. The second kappa shape index (κ2) is 29.3. The Bertz CT molecular complexity index is 2830. The summed E-state index contributed by atoms with van der Waals surface area (Å²) in [5, 5.41) is 20.9. The molecule has 8 amide bonds. The molecule has 3 aromatic rings. The van der Waals surface area contributed by atoms with Crippen molar-refractivity contribution in [2.45, 2.75) is 174 Å². The zero-order valence-electron chi connectivity index (χ0n) is 50.5. The van der Waals surface area contributed by atoms with Crippen molar-refractivity contribution in [2.75, 3.05) is 34.7 Å². The molecular weight excluding hydrogens is 1100 g/mol. The van der Waals surface area contributed by atoms with Crippen LogP contribution < -0.4 is 16.0 Å². The topological polar surface area (TPSA) is 235 Å². The molecule has 0 aromatic heterocycles. The number of nitrogens with zero attached hydrogens (tertiary/aromatic N) is 5. The summed E-state index contributed by atoms with van der Waals surface area (Å²) in [6, 6.07) is 11.1. The van der Waals surface area contributed by atoms with Crippen molar-refractivity contribution in [2.24, 2.45) is 17.8 Å². The number of carbonyl (C=O) groups is 9. The number of rotatable bonds is 12. The van der Waals surface area contributed by atoms with Gasteiger partial charge in [-0.25, -0.2) is 4.79 Å². The van der Waals surface area contributed by atoms with Crippen LogP contribution >= 0.6 is 23.2 Å². The second-order valence-corrected chi connectivity index (χ2v) is 24.3. The van der Waals surface area contributed by atoms with Crippen molar-refractivity contribution in [3.63, 3.8) is 0 Å². The number of carbonyl (C=O) groups excluding carboxylic acids is 9. The molecule has 2 aliphatic rings. The maximum absolute atomic E-state index is 15.5. The van der Waals surface area contributed by atoms with Crippen LogP contribution in [0, 0.1) is 17.8 Å². The highest BCUT2D eigenvalue weighted by molar-refractivity contribution is 6.42. The fourth-order valence-corrected chi connectivity index (χ4v) is 10.9. The zero-order valence-corrected chi connectivity index (χ0v) is 52.0. The van der Waals surface area contributed by atoms with Crippen LogP contribution in [0.3, 0.4) is 0 Å². The number of amides is 8. The van der Waals surface area contributed by atoms with Gasteiger partial charge in [-0.1, -0.05) is 132 Å². The Kier molecular flexibility index (Phi) is 23.7. The van der Waals surface area contributed by atoms with E-state index in [1.54, 1.807) is 69.3 Å². The Morgan fingerprint density at radius 3 is 1.76 bits per heavy atom. The van der Waals surface area contributed by atoms with Crippen molar-refractivity contribution >= 4 is 76.4 Å². The van der Waals surface area contributed by atoms with E-state index in [1.165, 1.54) is 70.6 Å². The molecule has 11 atom stereocenters. The Morgan fingerprint density at radius 2 is 1.18 bits per heavy atom. The van der Waals surface area contributed by atoms with Crippen molar-refractivity contribution in [1.82, 2.24) is 40.4 Å². The first kappa shape index (κ1) is 67.2. The smallest absolute Gasteiger partial charge is 0.332 e. The van der Waals surface area contributed by atoms with Gasteiger partial charge < -0.3 is 50.3 Å². The number of benzene rings is 3. The average molecular weight is 1190 g/mol. The predicted octanol–water partition coefficient (Wildman–Crippen LogP) is 6.07. The van der Waals surface area contributed by atoms with E-state index >= 15 is 9.59 Å². The van der Waals surface area contributed by atoms with Gasteiger partial charge in [0.15, 0.2) is 12.1 Å². The highest BCUT2D eigenvalue weighted by Gasteiger charge is 2.47. The van der Waals surface area contributed by atoms with E-state index in [0.29, 0.717) is 40.4 Å². The first-order chi connectivity index (χ1) is 38.9. The fourth-order valence-electron chi connectivity index (χ4n) is 10.6. The third-order valence-electron chi connectivity index (χ3n) is 16.4. The summed E-state index contributed by atoms with van der Waals surface area (Å²) in [4.78, 5) is 139. The van der Waals surface area contributed by atoms with Gasteiger partial charge in [-0.15, -0.1) is 0 Å². The fraction of sp³-hybridized carbons (Fsp3) is 0.565. The van der Waals surface area contributed by atoms with Gasteiger partial charge in [-0.05, 0) is 99.6 Å². The molecule has 5 rings (SSSR count). The summed E-state index contributed by atoms with van der Waals surface area (Å²) in [7, 11) is 5.52. The van der Waals surface area contributed by atoms with E-state index in [2.05, 4.69) is 16.0 Å². The number of likely N-dealkylation sites (N-methyl/N-ethyl adjacent to an activating group) is 4. The normalized spacial score (nSPS) is 25.6. The lowest BCUT2D eigenvalue weighted by atomic mass is 9.94. The highest BCUT2D eigenvalue weighted by atomic mass is 35.5. The number of nitrogens with one attached hydrogen (secondary N) is 3. The van der Waals surface area contributed by atoms with Gasteiger partial charge in [0.1, 0.15) is 42.3 Å². The number of halogens is 2. The minimum Gasteiger partial charge on any atom is -0.450 e. The summed E-state index contributed by atoms with van der Waals surface area (Å²) in [5.41, 5.74) is 0.804. The number of cyclic esters (lactones) is 1. The van der Waals surface area contributed by atoms with Gasteiger partial charge in [0, 0.05) is 53.5 Å². The summed E-state index contributed by atoms with van der Waals surface area (Å²) < 4.78 is 6.01. The maximum Gasteiger partial charge on any atom is 0.332 e. The molecule has 4 N–H and O–H groups in total. The van der Waals surface area contributed by atoms with E-state index in [9.17, 15) is 38.7 Å².